The number of carbonyl (C=O) groups excluding carboxylic acids is 1. The van der Waals surface area contributed by atoms with E-state index in [2.05, 4.69) is 15.5 Å². The minimum absolute atomic E-state index is 0.320. The van der Waals surface area contributed by atoms with Gasteiger partial charge < -0.3 is 20.3 Å². The van der Waals surface area contributed by atoms with Crippen molar-refractivity contribution < 1.29 is 9.53 Å². The van der Waals surface area contributed by atoms with Crippen LogP contribution in [0.2, 0.25) is 0 Å². The largest absolute Gasteiger partial charge is 0.378 e. The summed E-state index contributed by atoms with van der Waals surface area (Å²) in [7, 11) is 0. The normalized spacial score (nSPS) is 13.5. The first kappa shape index (κ1) is 20.8. The molecule has 2 heterocycles. The first-order valence-electron chi connectivity index (χ1n) is 11.0. The highest BCUT2D eigenvalue weighted by Crippen LogP contribution is 2.28. The topological polar surface area (TPSA) is 71.4 Å². The van der Waals surface area contributed by atoms with Crippen LogP contribution in [0.5, 0.6) is 0 Å². The Balaban J connectivity index is 1.33. The van der Waals surface area contributed by atoms with Crippen molar-refractivity contribution in [1.82, 2.24) is 9.78 Å². The number of ether oxygens (including phenoxy) is 1. The number of rotatable bonds is 5. The average molecular weight is 440 g/mol. The van der Waals surface area contributed by atoms with Crippen molar-refractivity contribution in [2.24, 2.45) is 0 Å². The summed E-state index contributed by atoms with van der Waals surface area (Å²) in [6.07, 6.45) is 1.83. The number of urea groups is 1. The Morgan fingerprint density at radius 2 is 1.45 bits per heavy atom. The Hall–Kier alpha value is -4.10. The summed E-state index contributed by atoms with van der Waals surface area (Å²) >= 11 is 0. The van der Waals surface area contributed by atoms with Gasteiger partial charge in [-0.2, -0.15) is 5.10 Å². The van der Waals surface area contributed by atoms with Crippen molar-refractivity contribution in [1.29, 1.82) is 0 Å². The van der Waals surface area contributed by atoms with E-state index in [9.17, 15) is 4.79 Å². The number of hydrogen-bond donors (Lipinski definition) is 2. The summed E-state index contributed by atoms with van der Waals surface area (Å²) in [6, 6.07) is 27.2. The molecule has 1 fully saturated rings. The van der Waals surface area contributed by atoms with Gasteiger partial charge in [0.2, 0.25) is 0 Å². The van der Waals surface area contributed by atoms with Crippen LogP contribution in [0.1, 0.15) is 0 Å². The second kappa shape index (κ2) is 9.58. The zero-order chi connectivity index (χ0) is 22.5. The molecule has 1 saturated heterocycles. The summed E-state index contributed by atoms with van der Waals surface area (Å²) in [5.74, 6) is 0. The Morgan fingerprint density at radius 3 is 2.15 bits per heavy atom. The summed E-state index contributed by atoms with van der Waals surface area (Å²) in [5.41, 5.74) is 5.03. The highest BCUT2D eigenvalue weighted by Gasteiger charge is 2.15. The van der Waals surface area contributed by atoms with E-state index in [1.54, 1.807) is 4.68 Å². The predicted molar refractivity (Wildman–Crippen MR) is 131 cm³/mol. The van der Waals surface area contributed by atoms with Gasteiger partial charge in [0.05, 0.1) is 30.8 Å². The molecule has 0 saturated carbocycles. The third-order valence-corrected chi connectivity index (χ3v) is 5.53. The number of hydrogen-bond acceptors (Lipinski definition) is 4. The Kier molecular flexibility index (Phi) is 6.04. The number of nitrogens with one attached hydrogen (secondary N) is 2. The highest BCUT2D eigenvalue weighted by atomic mass is 16.5. The SMILES string of the molecule is O=C(Nc1ccc(N2CCOCC2)cc1)Nc1cn(-c2ccccc2)nc1-c1ccccc1. The van der Waals surface area contributed by atoms with E-state index in [0.717, 1.165) is 48.9 Å². The van der Waals surface area contributed by atoms with E-state index in [4.69, 9.17) is 9.84 Å². The van der Waals surface area contributed by atoms with Gasteiger partial charge in [-0.1, -0.05) is 48.5 Å². The van der Waals surface area contributed by atoms with Crippen LogP contribution in [0.3, 0.4) is 0 Å². The summed E-state index contributed by atoms with van der Waals surface area (Å²) < 4.78 is 7.18. The van der Waals surface area contributed by atoms with Gasteiger partial charge in [0.25, 0.3) is 0 Å². The number of nitrogens with zero attached hydrogens (tertiary/aromatic N) is 3. The fourth-order valence-electron chi connectivity index (χ4n) is 3.85. The number of amides is 2. The molecule has 0 bridgehead atoms. The fourth-order valence-corrected chi connectivity index (χ4v) is 3.85. The van der Waals surface area contributed by atoms with Gasteiger partial charge in [-0.25, -0.2) is 9.48 Å². The van der Waals surface area contributed by atoms with E-state index in [1.165, 1.54) is 0 Å². The van der Waals surface area contributed by atoms with Crippen molar-refractivity contribution >= 4 is 23.1 Å². The van der Waals surface area contributed by atoms with E-state index < -0.39 is 0 Å². The second-order valence-corrected chi connectivity index (χ2v) is 7.76. The van der Waals surface area contributed by atoms with Crippen LogP contribution in [-0.2, 0) is 4.74 Å². The van der Waals surface area contributed by atoms with Crippen LogP contribution in [0, 0.1) is 0 Å². The zero-order valence-corrected chi connectivity index (χ0v) is 18.1. The van der Waals surface area contributed by atoms with Gasteiger partial charge >= 0.3 is 6.03 Å². The first-order chi connectivity index (χ1) is 16.3. The Bertz CT molecular complexity index is 1200. The molecule has 1 aliphatic rings. The van der Waals surface area contributed by atoms with Crippen molar-refractivity contribution in [3.63, 3.8) is 0 Å². The smallest absolute Gasteiger partial charge is 0.323 e. The molecule has 0 aliphatic carbocycles. The highest BCUT2D eigenvalue weighted by molar-refractivity contribution is 6.02. The molecule has 3 aromatic carbocycles. The lowest BCUT2D eigenvalue weighted by Gasteiger charge is -2.28. The van der Waals surface area contributed by atoms with Crippen LogP contribution in [-0.4, -0.2) is 42.1 Å². The fraction of sp³-hybridized carbons (Fsp3) is 0.154. The van der Waals surface area contributed by atoms with Crippen molar-refractivity contribution in [3.8, 4) is 16.9 Å². The number of benzene rings is 3. The van der Waals surface area contributed by atoms with Crippen LogP contribution in [0.4, 0.5) is 21.9 Å². The van der Waals surface area contributed by atoms with E-state index in [0.29, 0.717) is 11.4 Å². The van der Waals surface area contributed by atoms with Gasteiger partial charge in [-0.05, 0) is 36.4 Å². The molecule has 0 spiro atoms. The van der Waals surface area contributed by atoms with Crippen molar-refractivity contribution in [3.05, 3.63) is 91.1 Å². The number of carbonyl (C=O) groups is 1. The third kappa shape index (κ3) is 4.88. The maximum Gasteiger partial charge on any atom is 0.323 e. The van der Waals surface area contributed by atoms with E-state index in [-0.39, 0.29) is 6.03 Å². The molecule has 4 aromatic rings. The van der Waals surface area contributed by atoms with Crippen LogP contribution < -0.4 is 15.5 Å². The number of para-hydroxylation sites is 1. The molecular weight excluding hydrogens is 414 g/mol. The molecular formula is C26H25N5O2. The van der Waals surface area contributed by atoms with Crippen LogP contribution in [0.25, 0.3) is 16.9 Å². The van der Waals surface area contributed by atoms with Crippen molar-refractivity contribution in [2.45, 2.75) is 0 Å². The van der Waals surface area contributed by atoms with Gasteiger partial charge in [-0.15, -0.1) is 0 Å². The molecule has 7 heteroatoms. The predicted octanol–water partition coefficient (Wildman–Crippen LogP) is 5.02. The number of aromatic nitrogens is 2. The summed E-state index contributed by atoms with van der Waals surface area (Å²) in [4.78, 5) is 15.1. The maximum absolute atomic E-state index is 12.8. The molecule has 0 unspecified atom stereocenters. The molecule has 33 heavy (non-hydrogen) atoms. The van der Waals surface area contributed by atoms with E-state index in [1.807, 2.05) is 91.1 Å². The van der Waals surface area contributed by atoms with Gasteiger partial charge in [0, 0.05) is 30.0 Å². The van der Waals surface area contributed by atoms with Crippen LogP contribution in [0.15, 0.2) is 91.1 Å². The standard InChI is InChI=1S/C26H25N5O2/c32-26(27-21-11-13-22(14-12-21)30-15-17-33-18-16-30)28-24-19-31(23-9-5-2-6-10-23)29-25(24)20-7-3-1-4-8-20/h1-14,19H,15-18H2,(H2,27,28,32). The van der Waals surface area contributed by atoms with E-state index >= 15 is 0 Å². The maximum atomic E-state index is 12.8. The monoisotopic (exact) mass is 439 g/mol. The average Bonchev–Trinajstić information content (AvgIpc) is 3.30. The van der Waals surface area contributed by atoms with Gasteiger partial charge in [-0.3, -0.25) is 0 Å². The zero-order valence-electron chi connectivity index (χ0n) is 18.1. The van der Waals surface area contributed by atoms with Gasteiger partial charge in [0.15, 0.2) is 0 Å². The lowest BCUT2D eigenvalue weighted by molar-refractivity contribution is 0.122. The van der Waals surface area contributed by atoms with Crippen LogP contribution >= 0.6 is 0 Å². The quantitative estimate of drug-likeness (QED) is 0.458. The molecule has 0 atom stereocenters. The molecule has 2 amide bonds. The first-order valence-corrected chi connectivity index (χ1v) is 11.0. The Morgan fingerprint density at radius 1 is 0.788 bits per heavy atom. The summed E-state index contributed by atoms with van der Waals surface area (Å²) in [5, 5.41) is 10.6. The molecule has 166 valence electrons. The van der Waals surface area contributed by atoms with Gasteiger partial charge in [0.1, 0.15) is 5.69 Å². The minimum Gasteiger partial charge on any atom is -0.378 e. The molecule has 1 aliphatic heterocycles. The third-order valence-electron chi connectivity index (χ3n) is 5.53. The minimum atomic E-state index is -0.320. The molecule has 1 aromatic heterocycles. The number of morpholine rings is 1. The Labute approximate surface area is 192 Å². The molecule has 7 nitrogen and oxygen atoms in total. The molecule has 5 rings (SSSR count). The second-order valence-electron chi connectivity index (χ2n) is 7.76. The summed E-state index contributed by atoms with van der Waals surface area (Å²) in [6.45, 7) is 3.23. The number of anilines is 3. The molecule has 2 N–H and O–H groups in total. The van der Waals surface area contributed by atoms with Crippen molar-refractivity contribution in [2.75, 3.05) is 41.8 Å². The lowest BCUT2D eigenvalue weighted by atomic mass is 10.1. The molecule has 0 radical (unpaired) electrons. The lowest BCUT2D eigenvalue weighted by Crippen LogP contribution is -2.36.